The maximum absolute atomic E-state index is 13.3. The predicted octanol–water partition coefficient (Wildman–Crippen LogP) is 5.99. The Labute approximate surface area is 227 Å². The van der Waals surface area contributed by atoms with Gasteiger partial charge in [-0.3, -0.25) is 9.59 Å². The van der Waals surface area contributed by atoms with Crippen molar-refractivity contribution in [1.82, 2.24) is 4.31 Å². The second kappa shape index (κ2) is 11.7. The van der Waals surface area contributed by atoms with Crippen LogP contribution in [0.5, 0.6) is 0 Å². The fourth-order valence-electron chi connectivity index (χ4n) is 3.96. The molecule has 0 atom stereocenters. The van der Waals surface area contributed by atoms with Crippen molar-refractivity contribution >= 4 is 39.0 Å². The van der Waals surface area contributed by atoms with E-state index in [1.54, 1.807) is 61.5 Å². The van der Waals surface area contributed by atoms with Gasteiger partial charge in [0.2, 0.25) is 10.0 Å². The van der Waals surface area contributed by atoms with E-state index in [0.29, 0.717) is 28.7 Å². The number of amides is 1. The molecule has 4 rings (SSSR count). The summed E-state index contributed by atoms with van der Waals surface area (Å²) in [6.07, 6.45) is 0.548. The lowest BCUT2D eigenvalue weighted by Crippen LogP contribution is -2.29. The Morgan fingerprint density at radius 1 is 0.816 bits per heavy atom. The molecule has 0 bridgehead atoms. The number of nitrogens with one attached hydrogen (secondary N) is 1. The Balaban J connectivity index is 1.51. The summed E-state index contributed by atoms with van der Waals surface area (Å²) in [6, 6.07) is 27.9. The van der Waals surface area contributed by atoms with Gasteiger partial charge in [0.15, 0.2) is 5.78 Å². The summed E-state index contributed by atoms with van der Waals surface area (Å²) < 4.78 is 28.0. The van der Waals surface area contributed by atoms with Crippen LogP contribution in [0.4, 0.5) is 5.69 Å². The van der Waals surface area contributed by atoms with E-state index in [4.69, 9.17) is 11.6 Å². The van der Waals surface area contributed by atoms with Crippen LogP contribution in [0.2, 0.25) is 5.02 Å². The van der Waals surface area contributed by atoms with Crippen LogP contribution >= 0.6 is 11.6 Å². The molecule has 1 N–H and O–H groups in total. The van der Waals surface area contributed by atoms with E-state index in [1.807, 2.05) is 36.4 Å². The van der Waals surface area contributed by atoms with Crippen molar-refractivity contribution < 1.29 is 18.0 Å². The first-order valence-corrected chi connectivity index (χ1v) is 13.8. The molecule has 0 aliphatic carbocycles. The molecule has 0 aliphatic rings. The number of halogens is 1. The number of benzene rings is 4. The summed E-state index contributed by atoms with van der Waals surface area (Å²) in [7, 11) is -2.41. The van der Waals surface area contributed by atoms with Crippen molar-refractivity contribution in [2.45, 2.75) is 18.2 Å². The van der Waals surface area contributed by atoms with Gasteiger partial charge in [-0.05, 0) is 48.7 Å². The molecule has 0 aliphatic heterocycles. The molecule has 4 aromatic rings. The molecule has 0 radical (unpaired) electrons. The maximum atomic E-state index is 13.3. The first-order chi connectivity index (χ1) is 18.2. The van der Waals surface area contributed by atoms with Gasteiger partial charge in [-0.2, -0.15) is 0 Å². The summed E-state index contributed by atoms with van der Waals surface area (Å²) in [5.41, 5.74) is 3.15. The molecule has 0 unspecified atom stereocenters. The van der Waals surface area contributed by atoms with E-state index in [-0.39, 0.29) is 27.9 Å². The molecule has 38 heavy (non-hydrogen) atoms. The van der Waals surface area contributed by atoms with Crippen LogP contribution < -0.4 is 5.32 Å². The molecule has 0 saturated carbocycles. The molecule has 0 spiro atoms. The fourth-order valence-corrected chi connectivity index (χ4v) is 5.74. The van der Waals surface area contributed by atoms with E-state index < -0.39 is 15.9 Å². The molecule has 0 fully saturated rings. The molecule has 1 amide bonds. The predicted molar refractivity (Wildman–Crippen MR) is 150 cm³/mol. The lowest BCUT2D eigenvalue weighted by atomic mass is 10.0. The van der Waals surface area contributed by atoms with Crippen LogP contribution in [-0.4, -0.2) is 38.0 Å². The zero-order valence-electron chi connectivity index (χ0n) is 21.0. The van der Waals surface area contributed by atoms with Gasteiger partial charge < -0.3 is 5.32 Å². The lowest BCUT2D eigenvalue weighted by molar-refractivity contribution is 0.102. The Bertz CT molecular complexity index is 1560. The van der Waals surface area contributed by atoms with Crippen molar-refractivity contribution in [3.8, 4) is 0 Å². The number of aryl methyl sites for hydroxylation is 1. The highest BCUT2D eigenvalue weighted by molar-refractivity contribution is 7.89. The van der Waals surface area contributed by atoms with E-state index in [0.717, 1.165) is 5.56 Å². The first kappa shape index (κ1) is 27.3. The van der Waals surface area contributed by atoms with E-state index >= 15 is 0 Å². The van der Waals surface area contributed by atoms with Crippen molar-refractivity contribution in [3.05, 3.63) is 130 Å². The minimum Gasteiger partial charge on any atom is -0.321 e. The third-order valence-electron chi connectivity index (χ3n) is 6.12. The zero-order valence-corrected chi connectivity index (χ0v) is 22.6. The van der Waals surface area contributed by atoms with Crippen LogP contribution in [0.3, 0.4) is 0 Å². The minimum absolute atomic E-state index is 0.0635. The minimum atomic E-state index is -3.91. The van der Waals surface area contributed by atoms with Crippen LogP contribution in [0.15, 0.2) is 102 Å². The van der Waals surface area contributed by atoms with E-state index in [2.05, 4.69) is 5.32 Å². The molecule has 194 valence electrons. The molecule has 6 nitrogen and oxygen atoms in total. The number of likely N-dealkylation sites (N-methyl/N-ethyl adjacent to an activating group) is 1. The zero-order chi connectivity index (χ0) is 27.3. The average molecular weight is 547 g/mol. The quantitative estimate of drug-likeness (QED) is 0.261. The molecule has 0 heterocycles. The fraction of sp³-hybridized carbons (Fsp3) is 0.133. The molecule has 0 aromatic heterocycles. The van der Waals surface area contributed by atoms with Gasteiger partial charge in [0, 0.05) is 30.3 Å². The molecule has 8 heteroatoms. The standard InChI is InChI=1S/C30H27ClN2O4S/c1-21-19-26(28(31)27(20-21)38(36,37)33(2)18-17-22-9-5-3-6-10-22)32-30(35)25-15-13-24(14-16-25)29(34)23-11-7-4-8-12-23/h3-16,19-20H,17-18H2,1-2H3,(H,32,35). The van der Waals surface area contributed by atoms with Crippen LogP contribution in [0, 0.1) is 6.92 Å². The molecule has 0 saturated heterocycles. The highest BCUT2D eigenvalue weighted by Gasteiger charge is 2.26. The topological polar surface area (TPSA) is 83.5 Å². The van der Waals surface area contributed by atoms with E-state index in [1.165, 1.54) is 17.4 Å². The summed E-state index contributed by atoms with van der Waals surface area (Å²) in [5.74, 6) is -0.623. The highest BCUT2D eigenvalue weighted by atomic mass is 35.5. The number of rotatable bonds is 9. The number of nitrogens with zero attached hydrogens (tertiary/aromatic N) is 1. The summed E-state index contributed by atoms with van der Waals surface area (Å²) in [6.45, 7) is 2.01. The summed E-state index contributed by atoms with van der Waals surface area (Å²) in [4.78, 5) is 25.5. The third kappa shape index (κ3) is 6.19. The van der Waals surface area contributed by atoms with Crippen LogP contribution in [-0.2, 0) is 16.4 Å². The SMILES string of the molecule is Cc1cc(NC(=O)c2ccc(C(=O)c3ccccc3)cc2)c(Cl)c(S(=O)(=O)N(C)CCc2ccccc2)c1. The Morgan fingerprint density at radius 3 is 2.00 bits per heavy atom. The number of carbonyl (C=O) groups excluding carboxylic acids is 2. The van der Waals surface area contributed by atoms with E-state index in [9.17, 15) is 18.0 Å². The number of anilines is 1. The number of hydrogen-bond acceptors (Lipinski definition) is 4. The Morgan fingerprint density at radius 2 is 1.37 bits per heavy atom. The van der Waals surface area contributed by atoms with Gasteiger partial charge >= 0.3 is 0 Å². The maximum Gasteiger partial charge on any atom is 0.255 e. The first-order valence-electron chi connectivity index (χ1n) is 12.0. The normalized spacial score (nSPS) is 11.4. The van der Waals surface area contributed by atoms with Gasteiger partial charge in [-0.1, -0.05) is 84.4 Å². The number of sulfonamides is 1. The second-order valence-corrected chi connectivity index (χ2v) is 11.3. The molecular formula is C30H27ClN2O4S. The van der Waals surface area contributed by atoms with Gasteiger partial charge in [0.1, 0.15) is 4.90 Å². The molecule has 4 aromatic carbocycles. The average Bonchev–Trinajstić information content (AvgIpc) is 2.94. The third-order valence-corrected chi connectivity index (χ3v) is 8.52. The smallest absolute Gasteiger partial charge is 0.255 e. The number of hydrogen-bond donors (Lipinski definition) is 1. The Hall–Kier alpha value is -3.78. The summed E-state index contributed by atoms with van der Waals surface area (Å²) in [5, 5.41) is 2.65. The van der Waals surface area contributed by atoms with Crippen LogP contribution in [0.25, 0.3) is 0 Å². The Kier molecular flexibility index (Phi) is 8.42. The van der Waals surface area contributed by atoms with Crippen molar-refractivity contribution in [2.75, 3.05) is 18.9 Å². The van der Waals surface area contributed by atoms with Gasteiger partial charge in [0.25, 0.3) is 5.91 Å². The van der Waals surface area contributed by atoms with Crippen LogP contribution in [0.1, 0.15) is 37.4 Å². The van der Waals surface area contributed by atoms with Gasteiger partial charge in [-0.15, -0.1) is 0 Å². The van der Waals surface area contributed by atoms with Crippen molar-refractivity contribution in [2.24, 2.45) is 0 Å². The highest BCUT2D eigenvalue weighted by Crippen LogP contribution is 2.33. The van der Waals surface area contributed by atoms with Gasteiger partial charge in [0.05, 0.1) is 10.7 Å². The summed E-state index contributed by atoms with van der Waals surface area (Å²) >= 11 is 6.53. The lowest BCUT2D eigenvalue weighted by Gasteiger charge is -2.20. The second-order valence-electron chi connectivity index (χ2n) is 8.91. The monoisotopic (exact) mass is 546 g/mol. The van der Waals surface area contributed by atoms with Crippen molar-refractivity contribution in [1.29, 1.82) is 0 Å². The number of carbonyl (C=O) groups is 2. The van der Waals surface area contributed by atoms with Gasteiger partial charge in [-0.25, -0.2) is 12.7 Å². The van der Waals surface area contributed by atoms with Crippen molar-refractivity contribution in [3.63, 3.8) is 0 Å². The largest absolute Gasteiger partial charge is 0.321 e. The molecular weight excluding hydrogens is 520 g/mol. The number of ketones is 1.